The number of halogens is 1. The quantitative estimate of drug-likeness (QED) is 0.549. The molecule has 6 heteroatoms. The lowest BCUT2D eigenvalue weighted by Crippen LogP contribution is -2.21. The van der Waals surface area contributed by atoms with E-state index in [4.69, 9.17) is 0 Å². The third-order valence-corrected chi connectivity index (χ3v) is 5.00. The van der Waals surface area contributed by atoms with E-state index in [0.717, 1.165) is 5.56 Å². The molecule has 1 N–H and O–H groups in total. The van der Waals surface area contributed by atoms with Gasteiger partial charge in [-0.2, -0.15) is 18.4 Å². The summed E-state index contributed by atoms with van der Waals surface area (Å²) in [6.07, 6.45) is 0. The standard InChI is InChI=1S/C20H17FN2O2S/c1-15-7-13-19(14-8-15)26(24,25)23-22-20(16-5-3-2-4-6-16)17-9-11-18(21)12-10-17/h2-14,23H,1H3/b22-20+. The van der Waals surface area contributed by atoms with Gasteiger partial charge in [-0.3, -0.25) is 0 Å². The van der Waals surface area contributed by atoms with E-state index in [0.29, 0.717) is 16.8 Å². The van der Waals surface area contributed by atoms with Gasteiger partial charge in [-0.15, -0.1) is 0 Å². The minimum Gasteiger partial charge on any atom is -0.207 e. The predicted octanol–water partition coefficient (Wildman–Crippen LogP) is 3.87. The van der Waals surface area contributed by atoms with Crippen molar-refractivity contribution in [1.29, 1.82) is 0 Å². The van der Waals surface area contributed by atoms with E-state index in [1.54, 1.807) is 24.3 Å². The minimum atomic E-state index is -3.81. The SMILES string of the molecule is Cc1ccc(S(=O)(=O)N/N=C(\c2ccccc2)c2ccc(F)cc2)cc1. The molecule has 26 heavy (non-hydrogen) atoms. The Balaban J connectivity index is 1.99. The molecule has 0 saturated heterocycles. The summed E-state index contributed by atoms with van der Waals surface area (Å²) in [4.78, 5) is 2.40. The first kappa shape index (κ1) is 17.8. The lowest BCUT2D eigenvalue weighted by atomic mass is 10.0. The van der Waals surface area contributed by atoms with Gasteiger partial charge in [-0.05, 0) is 43.3 Å². The van der Waals surface area contributed by atoms with Gasteiger partial charge in [0.25, 0.3) is 10.0 Å². The summed E-state index contributed by atoms with van der Waals surface area (Å²) in [5.74, 6) is -0.374. The number of hydrogen-bond acceptors (Lipinski definition) is 3. The van der Waals surface area contributed by atoms with E-state index in [1.807, 2.05) is 37.3 Å². The van der Waals surface area contributed by atoms with Crippen LogP contribution in [-0.2, 0) is 10.0 Å². The summed E-state index contributed by atoms with van der Waals surface area (Å²) in [6.45, 7) is 1.88. The molecular formula is C20H17FN2O2S. The van der Waals surface area contributed by atoms with Crippen LogP contribution in [-0.4, -0.2) is 14.1 Å². The maximum absolute atomic E-state index is 13.2. The maximum Gasteiger partial charge on any atom is 0.276 e. The molecule has 0 heterocycles. The fraction of sp³-hybridized carbons (Fsp3) is 0.0500. The Bertz CT molecular complexity index is 1010. The van der Waals surface area contributed by atoms with Crippen LogP contribution in [0.2, 0.25) is 0 Å². The average molecular weight is 368 g/mol. The predicted molar refractivity (Wildman–Crippen MR) is 100.0 cm³/mol. The van der Waals surface area contributed by atoms with Gasteiger partial charge in [0, 0.05) is 11.1 Å². The van der Waals surface area contributed by atoms with Gasteiger partial charge in [0.2, 0.25) is 0 Å². The van der Waals surface area contributed by atoms with Crippen LogP contribution in [0.15, 0.2) is 88.9 Å². The van der Waals surface area contributed by atoms with Crippen LogP contribution in [0.3, 0.4) is 0 Å². The number of nitrogens with zero attached hydrogens (tertiary/aromatic N) is 1. The minimum absolute atomic E-state index is 0.123. The Kier molecular flexibility index (Phi) is 5.14. The first-order valence-corrected chi connectivity index (χ1v) is 9.41. The smallest absolute Gasteiger partial charge is 0.207 e. The molecule has 4 nitrogen and oxygen atoms in total. The molecule has 0 amide bonds. The summed E-state index contributed by atoms with van der Waals surface area (Å²) in [7, 11) is -3.81. The summed E-state index contributed by atoms with van der Waals surface area (Å²) in [5, 5.41) is 4.12. The number of hydrazone groups is 1. The normalized spacial score (nSPS) is 12.0. The topological polar surface area (TPSA) is 58.5 Å². The number of rotatable bonds is 5. The van der Waals surface area contributed by atoms with Gasteiger partial charge in [0.15, 0.2) is 0 Å². The zero-order valence-corrected chi connectivity index (χ0v) is 14.9. The van der Waals surface area contributed by atoms with Crippen LogP contribution in [0.4, 0.5) is 4.39 Å². The summed E-state index contributed by atoms with van der Waals surface area (Å²) < 4.78 is 38.2. The summed E-state index contributed by atoms with van der Waals surface area (Å²) >= 11 is 0. The highest BCUT2D eigenvalue weighted by atomic mass is 32.2. The maximum atomic E-state index is 13.2. The number of nitrogens with one attached hydrogen (secondary N) is 1. The van der Waals surface area contributed by atoms with Crippen LogP contribution in [0.1, 0.15) is 16.7 Å². The molecule has 132 valence electrons. The summed E-state index contributed by atoms with van der Waals surface area (Å²) in [5.41, 5.74) is 2.68. The van der Waals surface area contributed by atoms with Crippen molar-refractivity contribution in [2.24, 2.45) is 5.10 Å². The average Bonchev–Trinajstić information content (AvgIpc) is 2.64. The molecule has 0 spiro atoms. The van der Waals surface area contributed by atoms with E-state index >= 15 is 0 Å². The molecule has 3 rings (SSSR count). The molecule has 3 aromatic rings. The second-order valence-corrected chi connectivity index (χ2v) is 7.40. The van der Waals surface area contributed by atoms with E-state index < -0.39 is 10.0 Å². The van der Waals surface area contributed by atoms with E-state index in [9.17, 15) is 12.8 Å². The highest BCUT2D eigenvalue weighted by Gasteiger charge is 2.14. The molecule has 0 aliphatic carbocycles. The zero-order chi connectivity index (χ0) is 18.6. The lowest BCUT2D eigenvalue weighted by molar-refractivity contribution is 0.584. The van der Waals surface area contributed by atoms with Crippen LogP contribution in [0, 0.1) is 12.7 Å². The van der Waals surface area contributed by atoms with E-state index in [1.165, 1.54) is 24.3 Å². The number of hydrogen-bond donors (Lipinski definition) is 1. The van der Waals surface area contributed by atoms with Crippen LogP contribution in [0.5, 0.6) is 0 Å². The summed E-state index contributed by atoms with van der Waals surface area (Å²) in [6, 6.07) is 21.3. The highest BCUT2D eigenvalue weighted by Crippen LogP contribution is 2.14. The fourth-order valence-corrected chi connectivity index (χ4v) is 3.19. The molecule has 0 radical (unpaired) electrons. The third-order valence-electron chi connectivity index (χ3n) is 3.77. The molecule has 0 fully saturated rings. The van der Waals surface area contributed by atoms with Crippen molar-refractivity contribution < 1.29 is 12.8 Å². The molecule has 0 saturated carbocycles. The molecule has 0 unspecified atom stereocenters. The molecular weight excluding hydrogens is 351 g/mol. The lowest BCUT2D eigenvalue weighted by Gasteiger charge is -2.09. The number of benzene rings is 3. The van der Waals surface area contributed by atoms with Crippen molar-refractivity contribution in [1.82, 2.24) is 4.83 Å². The first-order valence-electron chi connectivity index (χ1n) is 7.93. The monoisotopic (exact) mass is 368 g/mol. The van der Waals surface area contributed by atoms with Crippen LogP contribution in [0.25, 0.3) is 0 Å². The molecule has 0 aromatic heterocycles. The zero-order valence-electron chi connectivity index (χ0n) is 14.1. The van der Waals surface area contributed by atoms with Crippen molar-refractivity contribution >= 4 is 15.7 Å². The van der Waals surface area contributed by atoms with E-state index in [2.05, 4.69) is 9.93 Å². The van der Waals surface area contributed by atoms with Crippen LogP contribution >= 0.6 is 0 Å². The fourth-order valence-electron chi connectivity index (χ4n) is 2.38. The highest BCUT2D eigenvalue weighted by molar-refractivity contribution is 7.89. The first-order chi connectivity index (χ1) is 12.5. The number of sulfonamides is 1. The van der Waals surface area contributed by atoms with Gasteiger partial charge in [-0.1, -0.05) is 48.0 Å². The van der Waals surface area contributed by atoms with Crippen molar-refractivity contribution in [3.8, 4) is 0 Å². The second kappa shape index (κ2) is 7.49. The molecule has 0 bridgehead atoms. The molecule has 3 aromatic carbocycles. The second-order valence-electron chi connectivity index (χ2n) is 5.74. The molecule has 0 atom stereocenters. The Morgan fingerprint density at radius 1 is 0.846 bits per heavy atom. The van der Waals surface area contributed by atoms with Gasteiger partial charge < -0.3 is 0 Å². The Morgan fingerprint density at radius 2 is 1.42 bits per heavy atom. The Hall–Kier alpha value is -2.99. The van der Waals surface area contributed by atoms with Gasteiger partial charge in [0.1, 0.15) is 5.82 Å². The Morgan fingerprint density at radius 3 is 2.04 bits per heavy atom. The Labute approximate surface area is 152 Å². The van der Waals surface area contributed by atoms with Crippen LogP contribution < -0.4 is 4.83 Å². The number of aryl methyl sites for hydroxylation is 1. The van der Waals surface area contributed by atoms with Gasteiger partial charge in [0.05, 0.1) is 10.6 Å². The third kappa shape index (κ3) is 4.15. The van der Waals surface area contributed by atoms with Gasteiger partial charge >= 0.3 is 0 Å². The molecule has 0 aliphatic heterocycles. The van der Waals surface area contributed by atoms with Crippen molar-refractivity contribution in [2.45, 2.75) is 11.8 Å². The van der Waals surface area contributed by atoms with E-state index in [-0.39, 0.29) is 10.7 Å². The molecule has 0 aliphatic rings. The van der Waals surface area contributed by atoms with Crippen molar-refractivity contribution in [2.75, 3.05) is 0 Å². The van der Waals surface area contributed by atoms with Crippen molar-refractivity contribution in [3.05, 3.63) is 101 Å². The van der Waals surface area contributed by atoms with Crippen molar-refractivity contribution in [3.63, 3.8) is 0 Å². The largest absolute Gasteiger partial charge is 0.276 e. The van der Waals surface area contributed by atoms with Gasteiger partial charge in [-0.25, -0.2) is 4.39 Å².